The van der Waals surface area contributed by atoms with Crippen molar-refractivity contribution in [3.63, 3.8) is 0 Å². The van der Waals surface area contributed by atoms with E-state index in [9.17, 15) is 13.6 Å². The fourth-order valence-corrected chi connectivity index (χ4v) is 4.62. The number of hydrogen-bond donors (Lipinski definition) is 1. The van der Waals surface area contributed by atoms with E-state index in [1.54, 1.807) is 13.1 Å². The van der Waals surface area contributed by atoms with Gasteiger partial charge in [0.2, 0.25) is 0 Å². The minimum Gasteiger partial charge on any atom is -0.348 e. The van der Waals surface area contributed by atoms with Crippen LogP contribution < -0.4 is 5.32 Å². The minimum atomic E-state index is -0.931. The van der Waals surface area contributed by atoms with Gasteiger partial charge >= 0.3 is 0 Å². The zero-order valence-corrected chi connectivity index (χ0v) is 17.8. The van der Waals surface area contributed by atoms with Crippen LogP contribution >= 0.6 is 0 Å². The first kappa shape index (κ1) is 19.6. The van der Waals surface area contributed by atoms with Gasteiger partial charge in [-0.15, -0.1) is 0 Å². The summed E-state index contributed by atoms with van der Waals surface area (Å²) in [6.07, 6.45) is 1.28. The fourth-order valence-electron chi connectivity index (χ4n) is 4.62. The van der Waals surface area contributed by atoms with Crippen LogP contribution in [0.4, 0.5) is 14.5 Å². The first-order valence-electron chi connectivity index (χ1n) is 10.6. The van der Waals surface area contributed by atoms with Crippen molar-refractivity contribution in [2.24, 2.45) is 12.0 Å². The number of anilines is 1. The number of hydrogen-bond acceptors (Lipinski definition) is 4. The van der Waals surface area contributed by atoms with E-state index in [0.29, 0.717) is 12.2 Å². The maximum Gasteiger partial charge on any atom is 0.261 e. The van der Waals surface area contributed by atoms with Crippen molar-refractivity contribution in [2.75, 3.05) is 5.32 Å². The maximum atomic E-state index is 14.9. The van der Waals surface area contributed by atoms with Gasteiger partial charge in [-0.2, -0.15) is 5.10 Å². The number of rotatable bonds is 2. The molecule has 8 heteroatoms. The van der Waals surface area contributed by atoms with Gasteiger partial charge in [-0.25, -0.2) is 8.78 Å². The number of aromatic nitrogens is 2. The molecule has 0 fully saturated rings. The van der Waals surface area contributed by atoms with Crippen LogP contribution in [0.3, 0.4) is 0 Å². The number of benzene rings is 3. The number of aryl methyl sites for hydroxylation is 1. The quantitative estimate of drug-likeness (QED) is 0.500. The third-order valence-electron chi connectivity index (χ3n) is 6.32. The summed E-state index contributed by atoms with van der Waals surface area (Å²) in [5.41, 5.74) is 4.63. The Morgan fingerprint density at radius 3 is 2.55 bits per heavy atom. The molecule has 3 heterocycles. The Morgan fingerprint density at radius 2 is 1.79 bits per heavy atom. The van der Waals surface area contributed by atoms with E-state index in [1.165, 1.54) is 22.0 Å². The average molecular weight is 443 g/mol. The molecule has 2 aliphatic rings. The zero-order valence-electron chi connectivity index (χ0n) is 17.8. The molecule has 0 aliphatic carbocycles. The lowest BCUT2D eigenvalue weighted by molar-refractivity contribution is 0.101. The molecule has 2 aliphatic heterocycles. The Morgan fingerprint density at radius 1 is 1.03 bits per heavy atom. The van der Waals surface area contributed by atoms with E-state index < -0.39 is 23.1 Å². The van der Waals surface area contributed by atoms with Crippen molar-refractivity contribution >= 4 is 28.3 Å². The first-order chi connectivity index (χ1) is 16.0. The zero-order chi connectivity index (χ0) is 22.7. The van der Waals surface area contributed by atoms with E-state index in [4.69, 9.17) is 4.99 Å². The second-order valence-electron chi connectivity index (χ2n) is 8.34. The van der Waals surface area contributed by atoms with E-state index >= 15 is 0 Å². The molecular weight excluding hydrogens is 424 g/mol. The standard InChI is InChI=1S/C25H19F2N5O/c1-31-21-9-20(26)22(23(27)19(21)11-29-31)25(33)30-17-7-6-14-10-28-24(18(14)8-17)32-12-15-4-2-3-5-16(15)13-32/h2-9,11H,10,12-13H2,1H3,(H,30,33). The van der Waals surface area contributed by atoms with Crippen LogP contribution in [0.2, 0.25) is 0 Å². The molecule has 0 atom stereocenters. The highest BCUT2D eigenvalue weighted by molar-refractivity contribution is 6.08. The van der Waals surface area contributed by atoms with Gasteiger partial charge in [0.1, 0.15) is 23.0 Å². The fraction of sp³-hybridized carbons (Fsp3) is 0.160. The molecule has 4 aromatic rings. The number of carbonyl (C=O) groups is 1. The molecule has 0 unspecified atom stereocenters. The largest absolute Gasteiger partial charge is 0.348 e. The number of amides is 1. The van der Waals surface area contributed by atoms with Gasteiger partial charge in [0.05, 0.1) is 23.6 Å². The lowest BCUT2D eigenvalue weighted by atomic mass is 10.1. The molecule has 0 bridgehead atoms. The summed E-state index contributed by atoms with van der Waals surface area (Å²) in [7, 11) is 1.59. The summed E-state index contributed by atoms with van der Waals surface area (Å²) in [5.74, 6) is -1.83. The number of carbonyl (C=O) groups excluding carboxylic acids is 1. The molecule has 0 saturated heterocycles. The van der Waals surface area contributed by atoms with Crippen LogP contribution in [-0.2, 0) is 26.7 Å². The average Bonchev–Trinajstić information content (AvgIpc) is 3.50. The predicted molar refractivity (Wildman–Crippen MR) is 121 cm³/mol. The van der Waals surface area contributed by atoms with Gasteiger partial charge in [-0.05, 0) is 28.8 Å². The number of aliphatic imine (C=N–C) groups is 1. The van der Waals surface area contributed by atoms with Gasteiger partial charge in [-0.3, -0.25) is 14.5 Å². The molecule has 1 N–H and O–H groups in total. The second-order valence-corrected chi connectivity index (χ2v) is 8.34. The van der Waals surface area contributed by atoms with Crippen molar-refractivity contribution in [2.45, 2.75) is 19.6 Å². The van der Waals surface area contributed by atoms with Gasteiger partial charge in [0.25, 0.3) is 5.91 Å². The van der Waals surface area contributed by atoms with Crippen LogP contribution in [-0.4, -0.2) is 26.4 Å². The Bertz CT molecular complexity index is 1460. The Hall–Kier alpha value is -4.07. The van der Waals surface area contributed by atoms with E-state index in [-0.39, 0.29) is 10.9 Å². The predicted octanol–water partition coefficient (Wildman–Crippen LogP) is 4.38. The molecular formula is C25H19F2N5O. The number of amidine groups is 1. The van der Waals surface area contributed by atoms with E-state index in [1.807, 2.05) is 24.3 Å². The smallest absolute Gasteiger partial charge is 0.261 e. The third kappa shape index (κ3) is 3.09. The number of fused-ring (bicyclic) bond motifs is 3. The van der Waals surface area contributed by atoms with Crippen molar-refractivity contribution < 1.29 is 13.6 Å². The lowest BCUT2D eigenvalue weighted by Gasteiger charge is -2.19. The highest BCUT2D eigenvalue weighted by Gasteiger charge is 2.28. The Labute approximate surface area is 188 Å². The van der Waals surface area contributed by atoms with Crippen molar-refractivity contribution in [1.82, 2.24) is 14.7 Å². The third-order valence-corrected chi connectivity index (χ3v) is 6.32. The second kappa shape index (κ2) is 7.23. The lowest BCUT2D eigenvalue weighted by Crippen LogP contribution is -2.25. The van der Waals surface area contributed by atoms with Crippen LogP contribution in [0, 0.1) is 11.6 Å². The monoisotopic (exact) mass is 443 g/mol. The van der Waals surface area contributed by atoms with E-state index in [2.05, 4.69) is 27.4 Å². The summed E-state index contributed by atoms with van der Waals surface area (Å²) < 4.78 is 30.9. The molecule has 6 rings (SSSR count). The van der Waals surface area contributed by atoms with Gasteiger partial charge in [-0.1, -0.05) is 30.3 Å². The minimum absolute atomic E-state index is 0.0982. The van der Waals surface area contributed by atoms with Crippen molar-refractivity contribution in [3.05, 3.63) is 94.2 Å². The van der Waals surface area contributed by atoms with Gasteiger partial charge in [0, 0.05) is 37.5 Å². The maximum absolute atomic E-state index is 14.9. The summed E-state index contributed by atoms with van der Waals surface area (Å²) in [6.45, 7) is 2.10. The van der Waals surface area contributed by atoms with Crippen molar-refractivity contribution in [3.8, 4) is 0 Å². The molecule has 33 heavy (non-hydrogen) atoms. The molecule has 164 valence electrons. The molecule has 0 saturated carbocycles. The topological polar surface area (TPSA) is 62.5 Å². The Balaban J connectivity index is 1.29. The molecule has 0 spiro atoms. The highest BCUT2D eigenvalue weighted by atomic mass is 19.1. The number of nitrogens with zero attached hydrogens (tertiary/aromatic N) is 4. The molecule has 3 aromatic carbocycles. The molecule has 1 aromatic heterocycles. The van der Waals surface area contributed by atoms with Crippen LogP contribution in [0.15, 0.2) is 59.7 Å². The molecule has 6 nitrogen and oxygen atoms in total. The normalized spacial score (nSPS) is 14.4. The van der Waals surface area contributed by atoms with Gasteiger partial charge < -0.3 is 10.2 Å². The first-order valence-corrected chi connectivity index (χ1v) is 10.6. The van der Waals surface area contributed by atoms with Crippen LogP contribution in [0.1, 0.15) is 32.6 Å². The summed E-state index contributed by atoms with van der Waals surface area (Å²) >= 11 is 0. The SMILES string of the molecule is Cn1ncc2c(F)c(C(=O)Nc3ccc4c(c3)C(N3Cc5ccccc5C3)=NC4)c(F)cc21. The Kier molecular flexibility index (Phi) is 4.29. The highest BCUT2D eigenvalue weighted by Crippen LogP contribution is 2.31. The molecule has 1 amide bonds. The van der Waals surface area contributed by atoms with E-state index in [0.717, 1.165) is 36.1 Å². The summed E-state index contributed by atoms with van der Waals surface area (Å²) in [4.78, 5) is 19.8. The summed E-state index contributed by atoms with van der Waals surface area (Å²) in [6, 6.07) is 14.9. The van der Waals surface area contributed by atoms with Crippen LogP contribution in [0.25, 0.3) is 10.9 Å². The van der Waals surface area contributed by atoms with Gasteiger partial charge in [0.15, 0.2) is 0 Å². The summed E-state index contributed by atoms with van der Waals surface area (Å²) in [5, 5.41) is 6.69. The van der Waals surface area contributed by atoms with Crippen LogP contribution in [0.5, 0.6) is 0 Å². The number of halogens is 2. The number of nitrogens with one attached hydrogen (secondary N) is 1. The molecule has 0 radical (unpaired) electrons. The van der Waals surface area contributed by atoms with Crippen molar-refractivity contribution in [1.29, 1.82) is 0 Å².